The van der Waals surface area contributed by atoms with Crippen molar-refractivity contribution < 1.29 is 4.79 Å². The van der Waals surface area contributed by atoms with Crippen LogP contribution in [0.15, 0.2) is 54.9 Å². The van der Waals surface area contributed by atoms with E-state index in [0.717, 1.165) is 16.9 Å². The SMILES string of the molecule is Cc1ccc(-n2nnc(C(=O)C=Cc3cccnc3)c2C)cc1. The van der Waals surface area contributed by atoms with Crippen LogP contribution < -0.4 is 0 Å². The summed E-state index contributed by atoms with van der Waals surface area (Å²) < 4.78 is 1.67. The summed E-state index contributed by atoms with van der Waals surface area (Å²) in [5, 5.41) is 8.11. The van der Waals surface area contributed by atoms with E-state index < -0.39 is 0 Å². The number of hydrogen-bond donors (Lipinski definition) is 0. The lowest BCUT2D eigenvalue weighted by atomic mass is 10.2. The number of rotatable bonds is 4. The summed E-state index contributed by atoms with van der Waals surface area (Å²) >= 11 is 0. The molecule has 5 heteroatoms. The van der Waals surface area contributed by atoms with Crippen LogP contribution in [0.2, 0.25) is 0 Å². The summed E-state index contributed by atoms with van der Waals surface area (Å²) in [7, 11) is 0. The van der Waals surface area contributed by atoms with E-state index in [0.29, 0.717) is 5.69 Å². The average Bonchev–Trinajstić information content (AvgIpc) is 2.96. The Morgan fingerprint density at radius 1 is 1.13 bits per heavy atom. The molecule has 3 aromatic rings. The van der Waals surface area contributed by atoms with Crippen LogP contribution in [0.4, 0.5) is 0 Å². The Morgan fingerprint density at radius 3 is 2.61 bits per heavy atom. The predicted molar refractivity (Wildman–Crippen MR) is 88.4 cm³/mol. The van der Waals surface area contributed by atoms with Crippen molar-refractivity contribution in [2.45, 2.75) is 13.8 Å². The summed E-state index contributed by atoms with van der Waals surface area (Å²) in [6.07, 6.45) is 6.60. The molecule has 0 aliphatic rings. The number of nitrogens with zero attached hydrogens (tertiary/aromatic N) is 4. The quantitative estimate of drug-likeness (QED) is 0.548. The Morgan fingerprint density at radius 2 is 1.91 bits per heavy atom. The Hall–Kier alpha value is -3.08. The molecule has 0 amide bonds. The number of allylic oxidation sites excluding steroid dienone is 1. The molecule has 0 aliphatic heterocycles. The molecule has 23 heavy (non-hydrogen) atoms. The van der Waals surface area contributed by atoms with Crippen molar-refractivity contribution in [1.29, 1.82) is 0 Å². The summed E-state index contributed by atoms with van der Waals surface area (Å²) in [6.45, 7) is 3.86. The molecule has 0 N–H and O–H groups in total. The number of ketones is 1. The highest BCUT2D eigenvalue weighted by atomic mass is 16.1. The topological polar surface area (TPSA) is 60.7 Å². The van der Waals surface area contributed by atoms with Gasteiger partial charge in [-0.05, 0) is 49.8 Å². The third kappa shape index (κ3) is 3.23. The van der Waals surface area contributed by atoms with Crippen LogP contribution in [-0.2, 0) is 0 Å². The van der Waals surface area contributed by atoms with E-state index in [4.69, 9.17) is 0 Å². The molecule has 0 fully saturated rings. The van der Waals surface area contributed by atoms with Crippen molar-refractivity contribution in [3.63, 3.8) is 0 Å². The molecule has 0 unspecified atom stereocenters. The zero-order valence-electron chi connectivity index (χ0n) is 13.0. The summed E-state index contributed by atoms with van der Waals surface area (Å²) in [5.74, 6) is -0.176. The lowest BCUT2D eigenvalue weighted by Gasteiger charge is -2.03. The highest BCUT2D eigenvalue weighted by Gasteiger charge is 2.15. The van der Waals surface area contributed by atoms with Crippen molar-refractivity contribution in [3.8, 4) is 5.69 Å². The Labute approximate surface area is 134 Å². The van der Waals surface area contributed by atoms with Gasteiger partial charge < -0.3 is 0 Å². The molecule has 114 valence electrons. The maximum absolute atomic E-state index is 12.3. The molecule has 3 rings (SSSR count). The van der Waals surface area contributed by atoms with Crippen molar-refractivity contribution in [1.82, 2.24) is 20.0 Å². The summed E-state index contributed by atoms with van der Waals surface area (Å²) in [4.78, 5) is 16.3. The molecule has 2 aromatic heterocycles. The average molecular weight is 304 g/mol. The van der Waals surface area contributed by atoms with Gasteiger partial charge in [0.25, 0.3) is 0 Å². The molecule has 0 saturated carbocycles. The van der Waals surface area contributed by atoms with Gasteiger partial charge in [-0.2, -0.15) is 0 Å². The van der Waals surface area contributed by atoms with Crippen molar-refractivity contribution in [2.24, 2.45) is 0 Å². The minimum absolute atomic E-state index is 0.176. The smallest absolute Gasteiger partial charge is 0.208 e. The van der Waals surface area contributed by atoms with Crippen LogP contribution in [0.1, 0.15) is 27.3 Å². The molecular formula is C18H16N4O. The molecule has 0 spiro atoms. The maximum Gasteiger partial charge on any atom is 0.208 e. The van der Waals surface area contributed by atoms with Crippen LogP contribution in [-0.4, -0.2) is 25.8 Å². The zero-order valence-corrected chi connectivity index (χ0v) is 13.0. The number of hydrogen-bond acceptors (Lipinski definition) is 4. The Balaban J connectivity index is 1.85. The van der Waals surface area contributed by atoms with Gasteiger partial charge in [0.1, 0.15) is 0 Å². The number of carbonyl (C=O) groups excluding carboxylic acids is 1. The van der Waals surface area contributed by atoms with Gasteiger partial charge in [0.05, 0.1) is 11.4 Å². The lowest BCUT2D eigenvalue weighted by molar-refractivity contribution is 0.104. The third-order valence-electron chi connectivity index (χ3n) is 3.52. The second kappa shape index (κ2) is 6.36. The maximum atomic E-state index is 12.3. The number of aryl methyl sites for hydroxylation is 1. The third-order valence-corrected chi connectivity index (χ3v) is 3.52. The first-order valence-corrected chi connectivity index (χ1v) is 7.27. The minimum Gasteiger partial charge on any atom is -0.287 e. The largest absolute Gasteiger partial charge is 0.287 e. The van der Waals surface area contributed by atoms with Gasteiger partial charge in [-0.15, -0.1) is 5.10 Å². The molecule has 2 heterocycles. The number of aromatic nitrogens is 4. The standard InChI is InChI=1S/C18H16N4O/c1-13-5-8-16(9-6-13)22-14(2)18(20-21-22)17(23)10-7-15-4-3-11-19-12-15/h3-12H,1-2H3. The fourth-order valence-electron chi connectivity index (χ4n) is 2.21. The van der Waals surface area contributed by atoms with Crippen molar-refractivity contribution >= 4 is 11.9 Å². The van der Waals surface area contributed by atoms with Crippen LogP contribution in [0.5, 0.6) is 0 Å². The molecule has 0 saturated heterocycles. The van der Waals surface area contributed by atoms with Crippen LogP contribution >= 0.6 is 0 Å². The highest BCUT2D eigenvalue weighted by molar-refractivity contribution is 6.06. The van der Waals surface area contributed by atoms with E-state index in [9.17, 15) is 4.79 Å². The van der Waals surface area contributed by atoms with Crippen LogP contribution in [0.3, 0.4) is 0 Å². The van der Waals surface area contributed by atoms with E-state index in [-0.39, 0.29) is 5.78 Å². The van der Waals surface area contributed by atoms with Gasteiger partial charge in [0.2, 0.25) is 5.78 Å². The molecule has 1 aromatic carbocycles. The van der Waals surface area contributed by atoms with Gasteiger partial charge >= 0.3 is 0 Å². The second-order valence-electron chi connectivity index (χ2n) is 5.25. The first-order valence-electron chi connectivity index (χ1n) is 7.27. The minimum atomic E-state index is -0.176. The van der Waals surface area contributed by atoms with Crippen molar-refractivity contribution in [2.75, 3.05) is 0 Å². The second-order valence-corrected chi connectivity index (χ2v) is 5.25. The summed E-state index contributed by atoms with van der Waals surface area (Å²) in [5.41, 5.74) is 3.99. The number of pyridine rings is 1. The fraction of sp³-hybridized carbons (Fsp3) is 0.111. The lowest BCUT2D eigenvalue weighted by Crippen LogP contribution is -2.01. The molecule has 5 nitrogen and oxygen atoms in total. The predicted octanol–water partition coefficient (Wildman–Crippen LogP) is 3.18. The van der Waals surface area contributed by atoms with Gasteiger partial charge in [-0.1, -0.05) is 29.0 Å². The van der Waals surface area contributed by atoms with E-state index in [1.54, 1.807) is 23.2 Å². The van der Waals surface area contributed by atoms with Gasteiger partial charge in [0, 0.05) is 12.4 Å². The van der Waals surface area contributed by atoms with E-state index >= 15 is 0 Å². The highest BCUT2D eigenvalue weighted by Crippen LogP contribution is 2.14. The molecule has 0 radical (unpaired) electrons. The van der Waals surface area contributed by atoms with E-state index in [1.165, 1.54) is 11.6 Å². The van der Waals surface area contributed by atoms with Crippen LogP contribution in [0.25, 0.3) is 11.8 Å². The fourth-order valence-corrected chi connectivity index (χ4v) is 2.21. The normalized spacial score (nSPS) is 11.0. The molecule has 0 atom stereocenters. The molecule has 0 bridgehead atoms. The van der Waals surface area contributed by atoms with Gasteiger partial charge in [-0.25, -0.2) is 4.68 Å². The summed E-state index contributed by atoms with van der Waals surface area (Å²) in [6, 6.07) is 11.6. The first-order chi connectivity index (χ1) is 11.1. The number of carbonyl (C=O) groups is 1. The van der Waals surface area contributed by atoms with Gasteiger partial charge in [-0.3, -0.25) is 9.78 Å². The number of benzene rings is 1. The first kappa shape index (κ1) is 14.8. The zero-order chi connectivity index (χ0) is 16.2. The Kier molecular flexibility index (Phi) is 4.10. The van der Waals surface area contributed by atoms with Gasteiger partial charge in [0.15, 0.2) is 5.69 Å². The molecule has 0 aliphatic carbocycles. The van der Waals surface area contributed by atoms with Crippen LogP contribution in [0, 0.1) is 13.8 Å². The van der Waals surface area contributed by atoms with E-state index in [2.05, 4.69) is 15.3 Å². The van der Waals surface area contributed by atoms with Crippen molar-refractivity contribution in [3.05, 3.63) is 77.4 Å². The monoisotopic (exact) mass is 304 g/mol. The molecular weight excluding hydrogens is 288 g/mol. The Bertz CT molecular complexity index is 848. The van der Waals surface area contributed by atoms with E-state index in [1.807, 2.05) is 50.2 Å².